The summed E-state index contributed by atoms with van der Waals surface area (Å²) >= 11 is 0. The van der Waals surface area contributed by atoms with E-state index >= 15 is 0 Å². The number of benzene rings is 3. The van der Waals surface area contributed by atoms with Crippen molar-refractivity contribution < 1.29 is 23.4 Å². The predicted octanol–water partition coefficient (Wildman–Crippen LogP) is 7.28. The quantitative estimate of drug-likeness (QED) is 0.175. The molecular weight excluding hydrogens is 561 g/mol. The minimum absolute atomic E-state index is 0.0107. The van der Waals surface area contributed by atoms with Gasteiger partial charge in [0.1, 0.15) is 12.2 Å². The molecule has 10 heteroatoms. The van der Waals surface area contributed by atoms with Crippen molar-refractivity contribution in [3.63, 3.8) is 0 Å². The summed E-state index contributed by atoms with van der Waals surface area (Å²) in [5, 5.41) is 5.97. The Hall–Kier alpha value is -4.70. The number of amides is 1. The number of carbonyl (C=O) groups is 1. The number of ether oxygens (including phenoxy) is 3. The largest absolute Gasteiger partial charge is 0.490 e. The summed E-state index contributed by atoms with van der Waals surface area (Å²) in [5.74, 6) is 0.269. The van der Waals surface area contributed by atoms with Crippen LogP contribution in [0.25, 0.3) is 0 Å². The van der Waals surface area contributed by atoms with Crippen LogP contribution in [0, 0.1) is 19.7 Å². The van der Waals surface area contributed by atoms with E-state index in [1.54, 1.807) is 30.3 Å². The number of halogens is 1. The van der Waals surface area contributed by atoms with Crippen molar-refractivity contribution in [2.24, 2.45) is 0 Å². The molecule has 3 aromatic carbocycles. The van der Waals surface area contributed by atoms with Crippen LogP contribution in [0.4, 0.5) is 21.7 Å². The van der Waals surface area contributed by atoms with Crippen molar-refractivity contribution >= 4 is 23.2 Å². The zero-order chi connectivity index (χ0) is 30.9. The van der Waals surface area contributed by atoms with Crippen LogP contribution < -0.4 is 24.8 Å². The van der Waals surface area contributed by atoms with E-state index in [2.05, 4.69) is 25.5 Å². The lowest BCUT2D eigenvalue weighted by molar-refractivity contribution is 0.102. The number of aromatic nitrogens is 2. The topological polar surface area (TPSA) is 97.8 Å². The fraction of sp³-hybridized carbons (Fsp3) is 0.324. The zero-order valence-corrected chi connectivity index (χ0v) is 25.4. The Kier molecular flexibility index (Phi) is 10.2. The molecule has 0 saturated carbocycles. The number of hydrogen-bond acceptors (Lipinski definition) is 8. The normalized spacial score (nSPS) is 13.3. The Morgan fingerprint density at radius 2 is 1.68 bits per heavy atom. The number of rotatable bonds is 12. The number of carbonyl (C=O) groups excluding carboxylic acids is 1. The first kappa shape index (κ1) is 30.7. The van der Waals surface area contributed by atoms with E-state index in [9.17, 15) is 9.18 Å². The molecule has 2 heterocycles. The molecule has 0 spiro atoms. The Labute approximate surface area is 257 Å². The summed E-state index contributed by atoms with van der Waals surface area (Å²) in [6.45, 7) is 9.46. The molecule has 1 saturated heterocycles. The summed E-state index contributed by atoms with van der Waals surface area (Å²) in [4.78, 5) is 24.7. The van der Waals surface area contributed by atoms with Crippen LogP contribution in [-0.4, -0.2) is 53.6 Å². The number of nitrogens with zero attached hydrogens (tertiary/aromatic N) is 3. The first-order valence-electron chi connectivity index (χ1n) is 15.0. The maximum absolute atomic E-state index is 14.9. The van der Waals surface area contributed by atoms with E-state index in [1.807, 2.05) is 45.0 Å². The van der Waals surface area contributed by atoms with Crippen LogP contribution in [0.1, 0.15) is 47.7 Å². The van der Waals surface area contributed by atoms with Gasteiger partial charge in [-0.25, -0.2) is 9.37 Å². The van der Waals surface area contributed by atoms with Gasteiger partial charge in [-0.15, -0.1) is 0 Å². The SMILES string of the molecule is CCOc1ccccc1Oc1nc(Nc2ccc(OCCN3CCCCC3)c(F)c2)ncc1C(=O)Nc1c(C)cccc1C. The number of hydrogen-bond donors (Lipinski definition) is 2. The highest BCUT2D eigenvalue weighted by molar-refractivity contribution is 6.06. The van der Waals surface area contributed by atoms with Gasteiger partial charge in [-0.05, 0) is 82.1 Å². The molecule has 4 aromatic rings. The van der Waals surface area contributed by atoms with Gasteiger partial charge < -0.3 is 24.8 Å². The van der Waals surface area contributed by atoms with Crippen LogP contribution in [0.2, 0.25) is 0 Å². The molecule has 230 valence electrons. The highest BCUT2D eigenvalue weighted by Gasteiger charge is 2.20. The van der Waals surface area contributed by atoms with Gasteiger partial charge in [0.15, 0.2) is 23.1 Å². The van der Waals surface area contributed by atoms with Gasteiger partial charge in [-0.3, -0.25) is 9.69 Å². The predicted molar refractivity (Wildman–Crippen MR) is 169 cm³/mol. The lowest BCUT2D eigenvalue weighted by Gasteiger charge is -2.26. The maximum atomic E-state index is 14.9. The van der Waals surface area contributed by atoms with Gasteiger partial charge in [0.2, 0.25) is 11.8 Å². The Morgan fingerprint density at radius 1 is 0.932 bits per heavy atom. The second-order valence-electron chi connectivity index (χ2n) is 10.6. The lowest BCUT2D eigenvalue weighted by atomic mass is 10.1. The van der Waals surface area contributed by atoms with Crippen LogP contribution in [-0.2, 0) is 0 Å². The van der Waals surface area contributed by atoms with Crippen molar-refractivity contribution in [3.8, 4) is 23.1 Å². The third-order valence-electron chi connectivity index (χ3n) is 7.38. The summed E-state index contributed by atoms with van der Waals surface area (Å²) in [6, 6.07) is 17.5. The first-order valence-corrected chi connectivity index (χ1v) is 15.0. The van der Waals surface area contributed by atoms with E-state index in [0.717, 1.165) is 30.8 Å². The molecule has 5 rings (SSSR count). The second-order valence-corrected chi connectivity index (χ2v) is 10.6. The minimum atomic E-state index is -0.500. The molecule has 9 nitrogen and oxygen atoms in total. The van der Waals surface area contributed by atoms with Gasteiger partial charge in [0.05, 0.1) is 6.61 Å². The molecule has 0 radical (unpaired) electrons. The number of para-hydroxylation sites is 3. The number of aryl methyl sites for hydroxylation is 2. The summed E-state index contributed by atoms with van der Waals surface area (Å²) < 4.78 is 32.5. The molecular formula is C34H38FN5O4. The summed E-state index contributed by atoms with van der Waals surface area (Å²) in [7, 11) is 0. The number of piperidine rings is 1. The fourth-order valence-electron chi connectivity index (χ4n) is 5.06. The van der Waals surface area contributed by atoms with Crippen molar-refractivity contribution in [2.45, 2.75) is 40.0 Å². The third-order valence-corrected chi connectivity index (χ3v) is 7.38. The van der Waals surface area contributed by atoms with Gasteiger partial charge >= 0.3 is 0 Å². The van der Waals surface area contributed by atoms with Gasteiger partial charge in [0.25, 0.3) is 5.91 Å². The molecule has 0 aliphatic carbocycles. The molecule has 2 N–H and O–H groups in total. The van der Waals surface area contributed by atoms with E-state index in [4.69, 9.17) is 14.2 Å². The molecule has 1 fully saturated rings. The highest BCUT2D eigenvalue weighted by atomic mass is 19.1. The van der Waals surface area contributed by atoms with Gasteiger partial charge in [-0.2, -0.15) is 4.98 Å². The molecule has 1 amide bonds. The van der Waals surface area contributed by atoms with E-state index in [-0.39, 0.29) is 23.1 Å². The molecule has 1 aromatic heterocycles. The summed E-state index contributed by atoms with van der Waals surface area (Å²) in [5.41, 5.74) is 3.08. The molecule has 44 heavy (non-hydrogen) atoms. The third kappa shape index (κ3) is 7.82. The number of anilines is 3. The number of nitrogens with one attached hydrogen (secondary N) is 2. The average Bonchev–Trinajstić information content (AvgIpc) is 3.02. The average molecular weight is 600 g/mol. The van der Waals surface area contributed by atoms with Gasteiger partial charge in [0, 0.05) is 30.2 Å². The van der Waals surface area contributed by atoms with Crippen LogP contribution in [0.3, 0.4) is 0 Å². The Bertz CT molecular complexity index is 1570. The molecule has 1 aliphatic rings. The van der Waals surface area contributed by atoms with Crippen LogP contribution in [0.15, 0.2) is 66.9 Å². The Balaban J connectivity index is 1.36. The molecule has 1 aliphatic heterocycles. The van der Waals surface area contributed by atoms with Gasteiger partial charge in [-0.1, -0.05) is 36.8 Å². The van der Waals surface area contributed by atoms with Crippen LogP contribution >= 0.6 is 0 Å². The molecule has 0 atom stereocenters. The standard InChI is InChI=1S/C34H38FN5O4/c1-4-42-29-13-6-7-14-30(29)44-33-26(32(41)38-31-23(2)11-10-12-24(31)3)22-36-34(39-33)37-25-15-16-28(27(35)21-25)43-20-19-40-17-8-5-9-18-40/h6-7,10-16,21-22H,4-5,8-9,17-20H2,1-3H3,(H,38,41)(H,36,37,39). The summed E-state index contributed by atoms with van der Waals surface area (Å²) in [6.07, 6.45) is 5.04. The monoisotopic (exact) mass is 599 g/mol. The molecule has 0 bridgehead atoms. The maximum Gasteiger partial charge on any atom is 0.262 e. The van der Waals surface area contributed by atoms with E-state index in [0.29, 0.717) is 36.1 Å². The van der Waals surface area contributed by atoms with Crippen molar-refractivity contribution in [1.82, 2.24) is 14.9 Å². The highest BCUT2D eigenvalue weighted by Crippen LogP contribution is 2.33. The molecule has 0 unspecified atom stereocenters. The first-order chi connectivity index (χ1) is 21.4. The van der Waals surface area contributed by atoms with E-state index in [1.165, 1.54) is 31.5 Å². The van der Waals surface area contributed by atoms with Crippen LogP contribution in [0.5, 0.6) is 23.1 Å². The smallest absolute Gasteiger partial charge is 0.262 e. The second kappa shape index (κ2) is 14.7. The zero-order valence-electron chi connectivity index (χ0n) is 25.4. The Morgan fingerprint density at radius 3 is 2.41 bits per heavy atom. The number of likely N-dealkylation sites (tertiary alicyclic amines) is 1. The minimum Gasteiger partial charge on any atom is -0.490 e. The van der Waals surface area contributed by atoms with E-state index < -0.39 is 11.7 Å². The fourth-order valence-corrected chi connectivity index (χ4v) is 5.06. The van der Waals surface area contributed by atoms with Crippen molar-refractivity contribution in [2.75, 3.05) is 43.5 Å². The lowest BCUT2D eigenvalue weighted by Crippen LogP contribution is -2.33. The van der Waals surface area contributed by atoms with Crippen molar-refractivity contribution in [1.29, 1.82) is 0 Å². The van der Waals surface area contributed by atoms with Crippen molar-refractivity contribution in [3.05, 3.63) is 89.4 Å².